The molecule has 0 aromatic rings. The van der Waals surface area contributed by atoms with E-state index in [9.17, 15) is 9.90 Å². The van der Waals surface area contributed by atoms with E-state index in [1.807, 2.05) is 6.92 Å². The van der Waals surface area contributed by atoms with Crippen molar-refractivity contribution in [3.05, 3.63) is 0 Å². The van der Waals surface area contributed by atoms with Gasteiger partial charge in [0.1, 0.15) is 0 Å². The van der Waals surface area contributed by atoms with Crippen molar-refractivity contribution < 1.29 is 19.5 Å². The van der Waals surface area contributed by atoms with Crippen molar-refractivity contribution in [2.45, 2.75) is 26.0 Å². The molecule has 0 rings (SSSR count). The highest BCUT2D eigenvalue weighted by molar-refractivity contribution is 5.74. The Hall–Kier alpha value is -0.610. The molecule has 0 aliphatic heterocycles. The Labute approximate surface area is 73.0 Å². The summed E-state index contributed by atoms with van der Waals surface area (Å²) in [7, 11) is 3.41. The van der Waals surface area contributed by atoms with Crippen LogP contribution in [0.25, 0.3) is 0 Å². The van der Waals surface area contributed by atoms with Gasteiger partial charge in [-0.3, -0.25) is 4.48 Å². The van der Waals surface area contributed by atoms with Gasteiger partial charge in [-0.15, -0.1) is 0 Å². The van der Waals surface area contributed by atoms with Crippen LogP contribution in [0.3, 0.4) is 0 Å². The fourth-order valence-electron chi connectivity index (χ4n) is 1.04. The van der Waals surface area contributed by atoms with Gasteiger partial charge in [0.2, 0.25) is 0 Å². The van der Waals surface area contributed by atoms with Crippen LogP contribution in [0.2, 0.25) is 0 Å². The minimum Gasteiger partial charge on any atom is -0.475 e. The van der Waals surface area contributed by atoms with Gasteiger partial charge in [0.15, 0.2) is 0 Å². The molecular weight excluding hydrogens is 158 g/mol. The molecule has 4 nitrogen and oxygen atoms in total. The van der Waals surface area contributed by atoms with E-state index in [2.05, 4.69) is 0 Å². The molecule has 0 aliphatic rings. The third-order valence-electron chi connectivity index (χ3n) is 2.37. The van der Waals surface area contributed by atoms with Crippen LogP contribution in [0, 0.1) is 0 Å². The monoisotopic (exact) mass is 176 g/mol. The Morgan fingerprint density at radius 3 is 2.17 bits per heavy atom. The first-order valence-electron chi connectivity index (χ1n) is 4.04. The molecular formula is C8H18NO3+. The van der Waals surface area contributed by atoms with Gasteiger partial charge in [-0.1, -0.05) is 6.92 Å². The first kappa shape index (κ1) is 11.4. The number of aliphatic carboxylic acids is 1. The van der Waals surface area contributed by atoms with Crippen LogP contribution < -0.4 is 0 Å². The second-order valence-corrected chi connectivity index (χ2v) is 3.73. The molecule has 0 saturated heterocycles. The normalized spacial score (nSPS) is 17.1. The zero-order valence-corrected chi connectivity index (χ0v) is 8.16. The van der Waals surface area contributed by atoms with E-state index < -0.39 is 11.7 Å². The lowest BCUT2D eigenvalue weighted by molar-refractivity contribution is -0.953. The Morgan fingerprint density at radius 1 is 1.50 bits per heavy atom. The second kappa shape index (κ2) is 3.41. The first-order chi connectivity index (χ1) is 5.25. The van der Waals surface area contributed by atoms with Crippen molar-refractivity contribution in [1.29, 1.82) is 0 Å². The minimum atomic E-state index is -1.70. The highest BCUT2D eigenvalue weighted by Gasteiger charge is 2.46. The topological polar surface area (TPSA) is 57.5 Å². The summed E-state index contributed by atoms with van der Waals surface area (Å²) in [6, 6.07) is 0. The summed E-state index contributed by atoms with van der Waals surface area (Å²) in [4.78, 5) is 10.7. The number of hydrogen-bond acceptors (Lipinski definition) is 2. The Bertz CT molecular complexity index is 175. The summed E-state index contributed by atoms with van der Waals surface area (Å²) in [5, 5.41) is 18.4. The maximum Gasteiger partial charge on any atom is 0.395 e. The molecule has 0 saturated carbocycles. The molecule has 1 unspecified atom stereocenters. The number of carbonyl (C=O) groups is 1. The molecule has 0 aliphatic carbocycles. The van der Waals surface area contributed by atoms with E-state index in [0.717, 1.165) is 6.42 Å². The van der Waals surface area contributed by atoms with Crippen LogP contribution in [-0.2, 0) is 4.79 Å². The molecule has 1 atom stereocenters. The molecule has 0 spiro atoms. The highest BCUT2D eigenvalue weighted by atomic mass is 16.4. The van der Waals surface area contributed by atoms with Gasteiger partial charge in [0.25, 0.3) is 5.72 Å². The number of quaternary nitrogens is 1. The Balaban J connectivity index is 4.62. The average Bonchev–Trinajstić information content (AvgIpc) is 1.86. The lowest BCUT2D eigenvalue weighted by atomic mass is 10.1. The SMILES string of the molecule is CCC[N+](C)(C)C(C)(O)C(=O)O. The summed E-state index contributed by atoms with van der Waals surface area (Å²) < 4.78 is 0.0822. The molecule has 12 heavy (non-hydrogen) atoms. The van der Waals surface area contributed by atoms with E-state index in [-0.39, 0.29) is 4.48 Å². The molecule has 0 aromatic carbocycles. The highest BCUT2D eigenvalue weighted by Crippen LogP contribution is 2.17. The van der Waals surface area contributed by atoms with Gasteiger partial charge >= 0.3 is 5.97 Å². The number of aliphatic hydroxyl groups is 1. The molecule has 0 amide bonds. The Kier molecular flexibility index (Phi) is 3.24. The van der Waals surface area contributed by atoms with Crippen LogP contribution in [-0.4, -0.2) is 47.0 Å². The fourth-order valence-corrected chi connectivity index (χ4v) is 1.04. The van der Waals surface area contributed by atoms with Crippen LogP contribution in [0.5, 0.6) is 0 Å². The minimum absolute atomic E-state index is 0.0822. The van der Waals surface area contributed by atoms with Crippen molar-refractivity contribution in [1.82, 2.24) is 0 Å². The standard InChI is InChI=1S/C8H17NO3/c1-5-6-9(3,4)8(2,12)7(10)11/h12H,5-6H2,1-4H3/p+1. The van der Waals surface area contributed by atoms with Crippen molar-refractivity contribution in [2.75, 3.05) is 20.6 Å². The molecule has 2 N–H and O–H groups in total. The second-order valence-electron chi connectivity index (χ2n) is 3.73. The van der Waals surface area contributed by atoms with E-state index in [4.69, 9.17) is 5.11 Å². The van der Waals surface area contributed by atoms with Gasteiger partial charge in [0, 0.05) is 6.92 Å². The summed E-state index contributed by atoms with van der Waals surface area (Å²) in [5.41, 5.74) is -1.70. The Morgan fingerprint density at radius 2 is 1.92 bits per heavy atom. The van der Waals surface area contributed by atoms with E-state index in [0.29, 0.717) is 6.54 Å². The fraction of sp³-hybridized carbons (Fsp3) is 0.875. The number of rotatable bonds is 4. The molecule has 0 heterocycles. The van der Waals surface area contributed by atoms with Crippen LogP contribution in [0.1, 0.15) is 20.3 Å². The number of likely N-dealkylation sites (N-methyl/N-ethyl adjacent to an activating group) is 1. The molecule has 0 fully saturated rings. The zero-order valence-electron chi connectivity index (χ0n) is 8.16. The summed E-state index contributed by atoms with van der Waals surface area (Å²) >= 11 is 0. The van der Waals surface area contributed by atoms with Crippen molar-refractivity contribution in [3.63, 3.8) is 0 Å². The number of carboxylic acids is 1. The molecule has 4 heteroatoms. The van der Waals surface area contributed by atoms with Crippen molar-refractivity contribution in [3.8, 4) is 0 Å². The summed E-state index contributed by atoms with van der Waals surface area (Å²) in [6.45, 7) is 3.92. The maximum absolute atomic E-state index is 10.7. The predicted octanol–water partition coefficient (Wildman–Crippen LogP) is 0.266. The molecule has 0 bridgehead atoms. The summed E-state index contributed by atoms with van der Waals surface area (Å²) in [6.07, 6.45) is 0.844. The predicted molar refractivity (Wildman–Crippen MR) is 45.5 cm³/mol. The van der Waals surface area contributed by atoms with Crippen LogP contribution in [0.15, 0.2) is 0 Å². The van der Waals surface area contributed by atoms with Gasteiger partial charge in [-0.25, -0.2) is 4.79 Å². The van der Waals surface area contributed by atoms with E-state index in [1.165, 1.54) is 6.92 Å². The van der Waals surface area contributed by atoms with E-state index in [1.54, 1.807) is 14.1 Å². The maximum atomic E-state index is 10.7. The van der Waals surface area contributed by atoms with E-state index >= 15 is 0 Å². The summed E-state index contributed by atoms with van der Waals surface area (Å²) in [5.74, 6) is -1.18. The van der Waals surface area contributed by atoms with Gasteiger partial charge in [-0.05, 0) is 6.42 Å². The third kappa shape index (κ3) is 1.95. The number of nitrogens with zero attached hydrogens (tertiary/aromatic N) is 1. The molecule has 0 radical (unpaired) electrons. The number of hydrogen-bond donors (Lipinski definition) is 2. The number of carboxylic acid groups (broad SMARTS) is 1. The van der Waals surface area contributed by atoms with Crippen LogP contribution >= 0.6 is 0 Å². The largest absolute Gasteiger partial charge is 0.475 e. The lowest BCUT2D eigenvalue weighted by Crippen LogP contribution is -2.62. The van der Waals surface area contributed by atoms with Crippen molar-refractivity contribution in [2.24, 2.45) is 0 Å². The van der Waals surface area contributed by atoms with Gasteiger partial charge in [-0.2, -0.15) is 0 Å². The molecule has 72 valence electrons. The van der Waals surface area contributed by atoms with Crippen LogP contribution in [0.4, 0.5) is 0 Å². The van der Waals surface area contributed by atoms with Gasteiger partial charge in [0.05, 0.1) is 20.6 Å². The third-order valence-corrected chi connectivity index (χ3v) is 2.37. The first-order valence-corrected chi connectivity index (χ1v) is 4.04. The molecule has 0 aromatic heterocycles. The quantitative estimate of drug-likeness (QED) is 0.477. The lowest BCUT2D eigenvalue weighted by Gasteiger charge is -2.39. The smallest absolute Gasteiger partial charge is 0.395 e. The van der Waals surface area contributed by atoms with Gasteiger partial charge < -0.3 is 10.2 Å². The average molecular weight is 176 g/mol. The van der Waals surface area contributed by atoms with Crippen molar-refractivity contribution >= 4 is 5.97 Å². The zero-order chi connectivity index (χ0) is 9.99.